The Bertz CT molecular complexity index is 1140. The lowest BCUT2D eigenvalue weighted by molar-refractivity contribution is -0.157. The molecular weight excluding hydrogens is 541 g/mol. The number of aromatic hydroxyl groups is 1. The van der Waals surface area contributed by atoms with Gasteiger partial charge >= 0.3 is 13.8 Å². The molecule has 0 aromatic heterocycles. The van der Waals surface area contributed by atoms with Crippen molar-refractivity contribution in [3.63, 3.8) is 0 Å². The monoisotopic (exact) mass is 591 g/mol. The summed E-state index contributed by atoms with van der Waals surface area (Å²) in [6.07, 6.45) is 10.5. The molecule has 0 amide bonds. The maximum atomic E-state index is 14.0. The number of unbranched alkanes of at least 4 members (excludes halogenated alkanes) is 2. The SMILES string of the molecule is C=C(C)[C@@H]1CCC(C)=C[C@H]1c1c(O)cc(CCCCC)cc1OC(=O)C1(OP(=O)(O)OCCN(C)C)CCCCC1. The lowest BCUT2D eigenvalue weighted by Crippen LogP contribution is -2.45. The van der Waals surface area contributed by atoms with Crippen LogP contribution in [0.3, 0.4) is 0 Å². The minimum atomic E-state index is -4.55. The predicted molar refractivity (Wildman–Crippen MR) is 162 cm³/mol. The van der Waals surface area contributed by atoms with Crippen molar-refractivity contribution in [1.82, 2.24) is 4.90 Å². The molecule has 41 heavy (non-hydrogen) atoms. The number of phosphoric ester groups is 1. The third kappa shape index (κ3) is 9.26. The first-order valence-corrected chi connectivity index (χ1v) is 16.6. The number of allylic oxidation sites excluding steroid dienone is 3. The summed E-state index contributed by atoms with van der Waals surface area (Å²) in [7, 11) is -0.885. The van der Waals surface area contributed by atoms with Crippen LogP contribution in [0.2, 0.25) is 0 Å². The normalized spacial score (nSPS) is 22.2. The van der Waals surface area contributed by atoms with E-state index in [2.05, 4.69) is 26.5 Å². The number of hydrogen-bond acceptors (Lipinski definition) is 7. The van der Waals surface area contributed by atoms with Gasteiger partial charge in [-0.3, -0.25) is 9.05 Å². The van der Waals surface area contributed by atoms with Crippen LogP contribution in [0.25, 0.3) is 0 Å². The van der Waals surface area contributed by atoms with Crippen LogP contribution in [0, 0.1) is 5.92 Å². The van der Waals surface area contributed by atoms with E-state index in [1.807, 2.05) is 32.0 Å². The summed E-state index contributed by atoms with van der Waals surface area (Å²) < 4.78 is 30.0. The van der Waals surface area contributed by atoms with Crippen molar-refractivity contribution < 1.29 is 33.1 Å². The van der Waals surface area contributed by atoms with Crippen LogP contribution in [0.1, 0.15) is 102 Å². The van der Waals surface area contributed by atoms with Crippen LogP contribution in [0.15, 0.2) is 35.9 Å². The lowest BCUT2D eigenvalue weighted by Gasteiger charge is -2.36. The summed E-state index contributed by atoms with van der Waals surface area (Å²) in [5.74, 6) is -0.496. The Balaban J connectivity index is 2.01. The Morgan fingerprint density at radius 2 is 1.90 bits per heavy atom. The third-order valence-electron chi connectivity index (χ3n) is 8.28. The van der Waals surface area contributed by atoms with E-state index in [-0.39, 0.29) is 42.8 Å². The largest absolute Gasteiger partial charge is 0.507 e. The number of likely N-dealkylation sites (N-methyl/N-ethyl adjacent to an activating group) is 1. The highest BCUT2D eigenvalue weighted by Crippen LogP contribution is 2.52. The zero-order chi connectivity index (χ0) is 30.2. The molecule has 0 radical (unpaired) electrons. The molecule has 0 saturated heterocycles. The van der Waals surface area contributed by atoms with Gasteiger partial charge in [0.1, 0.15) is 11.5 Å². The molecule has 0 aliphatic heterocycles. The summed E-state index contributed by atoms with van der Waals surface area (Å²) >= 11 is 0. The second kappa shape index (κ2) is 15.0. The van der Waals surface area contributed by atoms with Crippen molar-refractivity contribution in [2.45, 2.75) is 103 Å². The number of phenols is 1. The number of hydrogen-bond donors (Lipinski definition) is 2. The molecule has 2 aliphatic rings. The van der Waals surface area contributed by atoms with Crippen LogP contribution >= 0.6 is 7.82 Å². The van der Waals surface area contributed by atoms with Gasteiger partial charge in [0.15, 0.2) is 5.60 Å². The van der Waals surface area contributed by atoms with Gasteiger partial charge in [-0.25, -0.2) is 9.36 Å². The van der Waals surface area contributed by atoms with E-state index in [0.29, 0.717) is 24.9 Å². The van der Waals surface area contributed by atoms with Crippen molar-refractivity contribution in [1.29, 1.82) is 0 Å². The second-order valence-corrected chi connectivity index (χ2v) is 13.5. The molecular formula is C32H50NO7P. The molecule has 8 nitrogen and oxygen atoms in total. The van der Waals surface area contributed by atoms with Gasteiger partial charge in [0.05, 0.1) is 6.61 Å². The van der Waals surface area contributed by atoms with Crippen LogP contribution in [-0.2, 0) is 24.8 Å². The van der Waals surface area contributed by atoms with Gasteiger partial charge < -0.3 is 19.6 Å². The Labute approximate surface area is 246 Å². The molecule has 3 atom stereocenters. The maximum absolute atomic E-state index is 14.0. The first-order chi connectivity index (χ1) is 19.4. The molecule has 230 valence electrons. The first-order valence-electron chi connectivity index (χ1n) is 15.1. The Morgan fingerprint density at radius 1 is 1.20 bits per heavy atom. The molecule has 1 saturated carbocycles. The van der Waals surface area contributed by atoms with Gasteiger partial charge in [-0.05, 0) is 103 Å². The molecule has 2 aliphatic carbocycles. The van der Waals surface area contributed by atoms with E-state index < -0.39 is 19.4 Å². The highest BCUT2D eigenvalue weighted by atomic mass is 31.2. The number of phenolic OH excluding ortho intramolecular Hbond substituents is 1. The molecule has 1 fully saturated rings. The van der Waals surface area contributed by atoms with Crippen LogP contribution in [0.4, 0.5) is 0 Å². The maximum Gasteiger partial charge on any atom is 0.473 e. The number of nitrogens with zero attached hydrogens (tertiary/aromatic N) is 1. The number of carbonyl (C=O) groups excluding carboxylic acids is 1. The molecule has 0 heterocycles. The molecule has 0 bridgehead atoms. The van der Waals surface area contributed by atoms with Crippen molar-refractivity contribution in [3.05, 3.63) is 47.1 Å². The van der Waals surface area contributed by atoms with E-state index >= 15 is 0 Å². The van der Waals surface area contributed by atoms with Crippen molar-refractivity contribution in [3.8, 4) is 11.5 Å². The van der Waals surface area contributed by atoms with E-state index in [1.165, 1.54) is 5.57 Å². The summed E-state index contributed by atoms with van der Waals surface area (Å²) in [4.78, 5) is 26.4. The molecule has 9 heteroatoms. The number of benzene rings is 1. The number of aryl methyl sites for hydroxylation is 1. The average molecular weight is 592 g/mol. The lowest BCUT2D eigenvalue weighted by atomic mass is 9.73. The summed E-state index contributed by atoms with van der Waals surface area (Å²) in [6, 6.07) is 3.63. The fourth-order valence-electron chi connectivity index (χ4n) is 5.95. The number of phosphoric acid groups is 1. The van der Waals surface area contributed by atoms with E-state index in [0.717, 1.165) is 56.1 Å². The quantitative estimate of drug-likeness (QED) is 0.0756. The van der Waals surface area contributed by atoms with Gasteiger partial charge in [0.25, 0.3) is 0 Å². The molecule has 1 aromatic carbocycles. The second-order valence-electron chi connectivity index (χ2n) is 12.2. The van der Waals surface area contributed by atoms with Crippen molar-refractivity contribution in [2.75, 3.05) is 27.2 Å². The van der Waals surface area contributed by atoms with Gasteiger partial charge in [0.2, 0.25) is 0 Å². The van der Waals surface area contributed by atoms with E-state index in [9.17, 15) is 19.4 Å². The first kappa shape index (κ1) is 33.5. The molecule has 3 rings (SSSR count). The van der Waals surface area contributed by atoms with E-state index in [4.69, 9.17) is 13.8 Å². The minimum absolute atomic E-state index is 0.0145. The minimum Gasteiger partial charge on any atom is -0.507 e. The van der Waals surface area contributed by atoms with Crippen molar-refractivity contribution in [2.24, 2.45) is 5.92 Å². The molecule has 2 N–H and O–H groups in total. The standard InChI is InChI=1S/C32H50NO7P/c1-7-8-10-13-25-21-28(34)30(27-20-24(4)14-15-26(27)23(2)3)29(22-25)39-31(35)32(16-11-9-12-17-32)40-41(36,37)38-19-18-33(5)6/h20-22,26-27,34H,2,7-19H2,1,3-6H3,(H,36,37)/t26-,27+/m0/s1. The summed E-state index contributed by atoms with van der Waals surface area (Å²) in [5.41, 5.74) is 2.03. The van der Waals surface area contributed by atoms with E-state index in [1.54, 1.807) is 6.07 Å². The zero-order valence-corrected chi connectivity index (χ0v) is 26.5. The topological polar surface area (TPSA) is 106 Å². The highest BCUT2D eigenvalue weighted by Gasteiger charge is 2.48. The van der Waals surface area contributed by atoms with Gasteiger partial charge in [0, 0.05) is 18.0 Å². The fraction of sp³-hybridized carbons (Fsp3) is 0.656. The zero-order valence-electron chi connectivity index (χ0n) is 25.6. The number of rotatable bonds is 14. The smallest absolute Gasteiger partial charge is 0.473 e. The summed E-state index contributed by atoms with van der Waals surface area (Å²) in [6.45, 7) is 10.8. The number of esters is 1. The van der Waals surface area contributed by atoms with Gasteiger partial charge in [-0.2, -0.15) is 0 Å². The summed E-state index contributed by atoms with van der Waals surface area (Å²) in [5, 5.41) is 11.4. The fourth-order valence-corrected chi connectivity index (χ4v) is 7.01. The Morgan fingerprint density at radius 3 is 2.54 bits per heavy atom. The molecule has 1 aromatic rings. The third-order valence-corrected chi connectivity index (χ3v) is 9.37. The Kier molecular flexibility index (Phi) is 12.2. The molecule has 1 unspecified atom stereocenters. The molecule has 0 spiro atoms. The van der Waals surface area contributed by atoms with Crippen LogP contribution < -0.4 is 4.74 Å². The van der Waals surface area contributed by atoms with Crippen LogP contribution in [-0.4, -0.2) is 53.7 Å². The predicted octanol–water partition coefficient (Wildman–Crippen LogP) is 7.44. The van der Waals surface area contributed by atoms with Crippen molar-refractivity contribution >= 4 is 13.8 Å². The number of ether oxygens (including phenoxy) is 1. The number of carbonyl (C=O) groups is 1. The van der Waals surface area contributed by atoms with Gasteiger partial charge in [-0.1, -0.05) is 50.0 Å². The van der Waals surface area contributed by atoms with Crippen LogP contribution in [0.5, 0.6) is 11.5 Å². The highest BCUT2D eigenvalue weighted by molar-refractivity contribution is 7.47. The average Bonchev–Trinajstić information content (AvgIpc) is 2.88. The Hall–Kier alpha value is -1.96. The van der Waals surface area contributed by atoms with Gasteiger partial charge in [-0.15, -0.1) is 0 Å².